The summed E-state index contributed by atoms with van der Waals surface area (Å²) in [6.45, 7) is 0. The Labute approximate surface area is 86.9 Å². The number of amides is 2. The monoisotopic (exact) mass is 205 g/mol. The third-order valence-corrected chi connectivity index (χ3v) is 2.48. The van der Waals surface area contributed by atoms with E-state index < -0.39 is 0 Å². The molecule has 4 heteroatoms. The highest BCUT2D eigenvalue weighted by Gasteiger charge is 2.30. The summed E-state index contributed by atoms with van der Waals surface area (Å²) in [5.74, 6) is -0.468. The quantitative estimate of drug-likeness (QED) is 0.695. The number of nitrogens with one attached hydrogen (secondary N) is 1. The minimum atomic E-state index is -0.262. The van der Waals surface area contributed by atoms with Gasteiger partial charge in [-0.15, -0.1) is 0 Å². The molecule has 1 unspecified atom stereocenters. The SMILES string of the molecule is O=C1CC(Cc2ccc(O)cc2)C(=O)N1. The van der Waals surface area contributed by atoms with E-state index in [0.29, 0.717) is 6.42 Å². The minimum Gasteiger partial charge on any atom is -0.508 e. The molecule has 0 spiro atoms. The molecule has 0 saturated carbocycles. The second-order valence-electron chi connectivity index (χ2n) is 3.68. The smallest absolute Gasteiger partial charge is 0.230 e. The van der Waals surface area contributed by atoms with E-state index in [2.05, 4.69) is 5.32 Å². The average Bonchev–Trinajstić information content (AvgIpc) is 2.49. The van der Waals surface area contributed by atoms with Crippen LogP contribution in [0.5, 0.6) is 5.75 Å². The predicted molar refractivity (Wildman–Crippen MR) is 53.1 cm³/mol. The Morgan fingerprint density at radius 2 is 1.93 bits per heavy atom. The van der Waals surface area contributed by atoms with Gasteiger partial charge >= 0.3 is 0 Å². The Morgan fingerprint density at radius 1 is 1.27 bits per heavy atom. The van der Waals surface area contributed by atoms with Gasteiger partial charge in [-0.2, -0.15) is 0 Å². The Morgan fingerprint density at radius 3 is 2.47 bits per heavy atom. The number of imide groups is 1. The van der Waals surface area contributed by atoms with Crippen LogP contribution < -0.4 is 5.32 Å². The molecule has 4 nitrogen and oxygen atoms in total. The van der Waals surface area contributed by atoms with Gasteiger partial charge in [0.05, 0.1) is 5.92 Å². The third kappa shape index (κ3) is 2.15. The van der Waals surface area contributed by atoms with Crippen molar-refractivity contribution in [3.05, 3.63) is 29.8 Å². The van der Waals surface area contributed by atoms with Crippen LogP contribution in [-0.4, -0.2) is 16.9 Å². The molecular weight excluding hydrogens is 194 g/mol. The molecule has 2 rings (SSSR count). The number of hydrogen-bond acceptors (Lipinski definition) is 3. The van der Waals surface area contributed by atoms with Crippen molar-refractivity contribution in [3.63, 3.8) is 0 Å². The topological polar surface area (TPSA) is 66.4 Å². The maximum Gasteiger partial charge on any atom is 0.230 e. The van der Waals surface area contributed by atoms with Crippen molar-refractivity contribution in [2.75, 3.05) is 0 Å². The first-order chi connectivity index (χ1) is 7.15. The summed E-state index contributed by atoms with van der Waals surface area (Å²) in [7, 11) is 0. The number of aromatic hydroxyl groups is 1. The third-order valence-electron chi connectivity index (χ3n) is 2.48. The van der Waals surface area contributed by atoms with E-state index in [9.17, 15) is 9.59 Å². The summed E-state index contributed by atoms with van der Waals surface area (Å²) in [6.07, 6.45) is 0.803. The zero-order valence-electron chi connectivity index (χ0n) is 8.06. The van der Waals surface area contributed by atoms with Crippen molar-refractivity contribution in [3.8, 4) is 5.75 Å². The molecule has 1 saturated heterocycles. The Kier molecular flexibility index (Phi) is 2.41. The van der Waals surface area contributed by atoms with Crippen molar-refractivity contribution in [1.29, 1.82) is 0 Å². The normalized spacial score (nSPS) is 20.4. The van der Waals surface area contributed by atoms with Gasteiger partial charge in [-0.25, -0.2) is 0 Å². The van der Waals surface area contributed by atoms with E-state index in [-0.39, 0.29) is 29.9 Å². The molecule has 1 aliphatic rings. The first-order valence-electron chi connectivity index (χ1n) is 4.77. The van der Waals surface area contributed by atoms with Gasteiger partial charge in [0.2, 0.25) is 11.8 Å². The fourth-order valence-electron chi connectivity index (χ4n) is 1.69. The fraction of sp³-hybridized carbons (Fsp3) is 0.273. The van der Waals surface area contributed by atoms with Gasteiger partial charge in [0.1, 0.15) is 5.75 Å². The van der Waals surface area contributed by atoms with Crippen LogP contribution in [0, 0.1) is 5.92 Å². The lowest BCUT2D eigenvalue weighted by molar-refractivity contribution is -0.125. The lowest BCUT2D eigenvalue weighted by Crippen LogP contribution is -2.22. The van der Waals surface area contributed by atoms with Gasteiger partial charge in [-0.05, 0) is 24.1 Å². The largest absolute Gasteiger partial charge is 0.508 e. The van der Waals surface area contributed by atoms with Gasteiger partial charge in [0, 0.05) is 6.42 Å². The van der Waals surface area contributed by atoms with Crippen LogP contribution >= 0.6 is 0 Å². The average molecular weight is 205 g/mol. The zero-order valence-corrected chi connectivity index (χ0v) is 8.06. The molecule has 2 amide bonds. The Balaban J connectivity index is 2.06. The van der Waals surface area contributed by atoms with Gasteiger partial charge in [-0.1, -0.05) is 12.1 Å². The molecule has 1 heterocycles. The van der Waals surface area contributed by atoms with E-state index in [1.807, 2.05) is 0 Å². The first-order valence-corrected chi connectivity index (χ1v) is 4.77. The minimum absolute atomic E-state index is 0.200. The number of carbonyl (C=O) groups is 2. The molecule has 78 valence electrons. The highest BCUT2D eigenvalue weighted by atomic mass is 16.3. The van der Waals surface area contributed by atoms with Crippen LogP contribution in [0.1, 0.15) is 12.0 Å². The fourth-order valence-corrected chi connectivity index (χ4v) is 1.69. The van der Waals surface area contributed by atoms with E-state index >= 15 is 0 Å². The van der Waals surface area contributed by atoms with Crippen molar-refractivity contribution in [2.24, 2.45) is 5.92 Å². The molecular formula is C11H11NO3. The van der Waals surface area contributed by atoms with E-state index in [1.54, 1.807) is 24.3 Å². The van der Waals surface area contributed by atoms with Gasteiger partial charge in [-0.3, -0.25) is 14.9 Å². The molecule has 2 N–H and O–H groups in total. The number of phenols is 1. The molecule has 0 aliphatic carbocycles. The number of benzene rings is 1. The second kappa shape index (κ2) is 3.73. The van der Waals surface area contributed by atoms with Crippen molar-refractivity contribution in [1.82, 2.24) is 5.32 Å². The van der Waals surface area contributed by atoms with E-state index in [1.165, 1.54) is 0 Å². The Hall–Kier alpha value is -1.84. The predicted octanol–water partition coefficient (Wildman–Crippen LogP) is 0.597. The lowest BCUT2D eigenvalue weighted by atomic mass is 9.98. The molecule has 1 aromatic carbocycles. The number of rotatable bonds is 2. The van der Waals surface area contributed by atoms with Crippen LogP contribution in [0.15, 0.2) is 24.3 Å². The van der Waals surface area contributed by atoms with E-state index in [0.717, 1.165) is 5.56 Å². The van der Waals surface area contributed by atoms with Crippen LogP contribution in [0.4, 0.5) is 0 Å². The maximum atomic E-state index is 11.3. The molecule has 15 heavy (non-hydrogen) atoms. The zero-order chi connectivity index (χ0) is 10.8. The van der Waals surface area contributed by atoms with Crippen molar-refractivity contribution < 1.29 is 14.7 Å². The molecule has 1 aliphatic heterocycles. The van der Waals surface area contributed by atoms with Crippen LogP contribution in [0.3, 0.4) is 0 Å². The maximum absolute atomic E-state index is 11.3. The molecule has 0 radical (unpaired) electrons. The molecule has 1 atom stereocenters. The highest BCUT2D eigenvalue weighted by Crippen LogP contribution is 2.18. The summed E-state index contributed by atoms with van der Waals surface area (Å²) in [5, 5.41) is 11.3. The summed E-state index contributed by atoms with van der Waals surface area (Å²) in [6, 6.07) is 6.66. The first kappa shape index (κ1) is 9.71. The number of hydrogen-bond donors (Lipinski definition) is 2. The number of carbonyl (C=O) groups excluding carboxylic acids is 2. The van der Waals surface area contributed by atoms with Crippen molar-refractivity contribution >= 4 is 11.8 Å². The molecule has 0 aromatic heterocycles. The van der Waals surface area contributed by atoms with Crippen LogP contribution in [-0.2, 0) is 16.0 Å². The van der Waals surface area contributed by atoms with Crippen LogP contribution in [0.2, 0.25) is 0 Å². The lowest BCUT2D eigenvalue weighted by Gasteiger charge is -2.05. The summed E-state index contributed by atoms with van der Waals surface area (Å²) in [4.78, 5) is 22.2. The molecule has 0 bridgehead atoms. The van der Waals surface area contributed by atoms with Gasteiger partial charge < -0.3 is 5.11 Å². The number of phenolic OH excluding ortho intramolecular Hbond substituents is 1. The molecule has 1 aromatic rings. The summed E-state index contributed by atoms with van der Waals surface area (Å²) >= 11 is 0. The highest BCUT2D eigenvalue weighted by molar-refractivity contribution is 6.03. The van der Waals surface area contributed by atoms with Gasteiger partial charge in [0.25, 0.3) is 0 Å². The van der Waals surface area contributed by atoms with Gasteiger partial charge in [0.15, 0.2) is 0 Å². The molecule has 1 fully saturated rings. The van der Waals surface area contributed by atoms with Crippen LogP contribution in [0.25, 0.3) is 0 Å². The summed E-state index contributed by atoms with van der Waals surface area (Å²) in [5.41, 5.74) is 0.947. The Bertz CT molecular complexity index is 397. The van der Waals surface area contributed by atoms with E-state index in [4.69, 9.17) is 5.11 Å². The standard InChI is InChI=1S/C11H11NO3/c13-9-3-1-7(2-4-9)5-8-6-10(14)12-11(8)15/h1-4,8,13H,5-6H2,(H,12,14,15). The second-order valence-corrected chi connectivity index (χ2v) is 3.68. The summed E-state index contributed by atoms with van der Waals surface area (Å²) < 4.78 is 0. The van der Waals surface area contributed by atoms with Crippen molar-refractivity contribution in [2.45, 2.75) is 12.8 Å².